The van der Waals surface area contributed by atoms with E-state index in [1.54, 1.807) is 5.57 Å². The standard InChI is InChI=1S/C8H10/c1-6-5-8(6,2)7-3-4-7/h3-5,7H,1-2H3. The maximum absolute atomic E-state index is 2.34. The van der Waals surface area contributed by atoms with Gasteiger partial charge >= 0.3 is 0 Å². The van der Waals surface area contributed by atoms with E-state index < -0.39 is 0 Å². The van der Waals surface area contributed by atoms with Gasteiger partial charge in [-0.15, -0.1) is 0 Å². The molecule has 0 bridgehead atoms. The molecular weight excluding hydrogens is 96.1 g/mol. The molecule has 0 spiro atoms. The van der Waals surface area contributed by atoms with Crippen molar-refractivity contribution in [2.75, 3.05) is 0 Å². The van der Waals surface area contributed by atoms with Crippen LogP contribution < -0.4 is 0 Å². The van der Waals surface area contributed by atoms with Crippen LogP contribution in [-0.4, -0.2) is 0 Å². The fourth-order valence-electron chi connectivity index (χ4n) is 1.23. The highest BCUT2D eigenvalue weighted by molar-refractivity contribution is 5.44. The van der Waals surface area contributed by atoms with Gasteiger partial charge in [-0.05, 0) is 6.92 Å². The Morgan fingerprint density at radius 2 is 2.00 bits per heavy atom. The van der Waals surface area contributed by atoms with Gasteiger partial charge in [0, 0.05) is 11.3 Å². The molecule has 0 amide bonds. The van der Waals surface area contributed by atoms with Crippen LogP contribution in [0.4, 0.5) is 0 Å². The molecule has 0 heterocycles. The Labute approximate surface area is 49.9 Å². The van der Waals surface area contributed by atoms with Crippen molar-refractivity contribution in [2.24, 2.45) is 11.3 Å². The molecule has 0 aliphatic heterocycles. The third kappa shape index (κ3) is 0.360. The predicted octanol–water partition coefficient (Wildman–Crippen LogP) is 2.14. The van der Waals surface area contributed by atoms with Crippen molar-refractivity contribution < 1.29 is 0 Å². The van der Waals surface area contributed by atoms with Gasteiger partial charge < -0.3 is 0 Å². The van der Waals surface area contributed by atoms with Gasteiger partial charge in [0.05, 0.1) is 0 Å². The van der Waals surface area contributed by atoms with Crippen LogP contribution in [0.5, 0.6) is 0 Å². The van der Waals surface area contributed by atoms with Crippen LogP contribution >= 0.6 is 0 Å². The van der Waals surface area contributed by atoms with Gasteiger partial charge in [0.15, 0.2) is 0 Å². The van der Waals surface area contributed by atoms with E-state index in [2.05, 4.69) is 32.1 Å². The molecule has 0 N–H and O–H groups in total. The average Bonchev–Trinajstić information content (AvgIpc) is 2.44. The lowest BCUT2D eigenvalue weighted by Crippen LogP contribution is -2.00. The van der Waals surface area contributed by atoms with Crippen LogP contribution in [0.25, 0.3) is 0 Å². The number of hydrogen-bond acceptors (Lipinski definition) is 0. The molecule has 0 aromatic carbocycles. The Balaban J connectivity index is 2.08. The van der Waals surface area contributed by atoms with E-state index >= 15 is 0 Å². The summed E-state index contributed by atoms with van der Waals surface area (Å²) < 4.78 is 0. The second-order valence-corrected chi connectivity index (χ2v) is 3.02. The van der Waals surface area contributed by atoms with Gasteiger partial charge in [-0.2, -0.15) is 0 Å². The molecule has 0 nitrogen and oxygen atoms in total. The lowest BCUT2D eigenvalue weighted by atomic mass is 9.96. The van der Waals surface area contributed by atoms with E-state index in [-0.39, 0.29) is 0 Å². The molecule has 42 valence electrons. The lowest BCUT2D eigenvalue weighted by Gasteiger charge is -2.06. The third-order valence-electron chi connectivity index (χ3n) is 2.36. The van der Waals surface area contributed by atoms with Gasteiger partial charge in [0.1, 0.15) is 0 Å². The van der Waals surface area contributed by atoms with Crippen molar-refractivity contribution in [3.63, 3.8) is 0 Å². The summed E-state index contributed by atoms with van der Waals surface area (Å²) in [7, 11) is 0. The normalized spacial score (nSPS) is 42.0. The fraction of sp³-hybridized carbons (Fsp3) is 0.500. The zero-order chi connectivity index (χ0) is 5.78. The van der Waals surface area contributed by atoms with E-state index in [9.17, 15) is 0 Å². The smallest absolute Gasteiger partial charge is 0.0160 e. The van der Waals surface area contributed by atoms with Crippen LogP contribution in [0.15, 0.2) is 23.8 Å². The molecule has 0 fully saturated rings. The Morgan fingerprint density at radius 1 is 1.50 bits per heavy atom. The van der Waals surface area contributed by atoms with Gasteiger partial charge in [0.2, 0.25) is 0 Å². The summed E-state index contributed by atoms with van der Waals surface area (Å²) in [5, 5.41) is 0. The largest absolute Gasteiger partial charge is 0.0798 e. The molecule has 1 unspecified atom stereocenters. The molecule has 1 atom stereocenters. The maximum Gasteiger partial charge on any atom is 0.0160 e. The quantitative estimate of drug-likeness (QED) is 0.449. The van der Waals surface area contributed by atoms with Crippen molar-refractivity contribution in [3.8, 4) is 0 Å². The highest BCUT2D eigenvalue weighted by Crippen LogP contribution is 2.54. The summed E-state index contributed by atoms with van der Waals surface area (Å²) in [5.74, 6) is 0.794. The predicted molar refractivity (Wildman–Crippen MR) is 34.5 cm³/mol. The van der Waals surface area contributed by atoms with Gasteiger partial charge in [-0.1, -0.05) is 30.7 Å². The van der Waals surface area contributed by atoms with E-state index in [1.165, 1.54) is 0 Å². The van der Waals surface area contributed by atoms with E-state index in [1.807, 2.05) is 0 Å². The Kier molecular flexibility index (Phi) is 0.507. The van der Waals surface area contributed by atoms with Crippen LogP contribution in [0.2, 0.25) is 0 Å². The van der Waals surface area contributed by atoms with E-state index in [0.717, 1.165) is 5.92 Å². The van der Waals surface area contributed by atoms with Crippen molar-refractivity contribution in [2.45, 2.75) is 13.8 Å². The second kappa shape index (κ2) is 0.928. The first-order chi connectivity index (χ1) is 3.73. The summed E-state index contributed by atoms with van der Waals surface area (Å²) in [5.41, 5.74) is 2.06. The molecule has 0 aromatic rings. The van der Waals surface area contributed by atoms with E-state index in [0.29, 0.717) is 5.41 Å². The zero-order valence-electron chi connectivity index (χ0n) is 5.31. The Bertz CT molecular complexity index is 180. The van der Waals surface area contributed by atoms with Crippen LogP contribution in [0.1, 0.15) is 13.8 Å². The summed E-state index contributed by atoms with van der Waals surface area (Å²) in [6.45, 7) is 4.51. The van der Waals surface area contributed by atoms with Gasteiger partial charge in [-0.25, -0.2) is 0 Å². The second-order valence-electron chi connectivity index (χ2n) is 3.02. The highest BCUT2D eigenvalue weighted by atomic mass is 14.5. The summed E-state index contributed by atoms with van der Waals surface area (Å²) in [6.07, 6.45) is 6.89. The summed E-state index contributed by atoms with van der Waals surface area (Å²) >= 11 is 0. The molecule has 8 heavy (non-hydrogen) atoms. The SMILES string of the molecule is CC1=CC1(C)C1C=C1. The third-order valence-corrected chi connectivity index (χ3v) is 2.36. The molecular formula is C8H10. The molecule has 0 heteroatoms. The van der Waals surface area contributed by atoms with Crippen molar-refractivity contribution in [3.05, 3.63) is 23.8 Å². The van der Waals surface area contributed by atoms with Crippen LogP contribution in [-0.2, 0) is 0 Å². The Hall–Kier alpha value is -0.520. The number of rotatable bonds is 1. The first-order valence-electron chi connectivity index (χ1n) is 3.12. The molecule has 0 saturated heterocycles. The number of hydrogen-bond donors (Lipinski definition) is 0. The molecule has 0 aromatic heterocycles. The van der Waals surface area contributed by atoms with Gasteiger partial charge in [-0.3, -0.25) is 0 Å². The fourth-order valence-corrected chi connectivity index (χ4v) is 1.23. The molecule has 2 rings (SSSR count). The lowest BCUT2D eigenvalue weighted by molar-refractivity contribution is 0.566. The van der Waals surface area contributed by atoms with Crippen LogP contribution in [0.3, 0.4) is 0 Å². The molecule has 0 saturated carbocycles. The minimum absolute atomic E-state index is 0.500. The zero-order valence-corrected chi connectivity index (χ0v) is 5.31. The van der Waals surface area contributed by atoms with Crippen molar-refractivity contribution in [1.82, 2.24) is 0 Å². The molecule has 2 aliphatic rings. The van der Waals surface area contributed by atoms with E-state index in [4.69, 9.17) is 0 Å². The summed E-state index contributed by atoms with van der Waals surface area (Å²) in [4.78, 5) is 0. The Morgan fingerprint density at radius 3 is 2.12 bits per heavy atom. The number of allylic oxidation sites excluding steroid dienone is 4. The summed E-state index contributed by atoms with van der Waals surface area (Å²) in [6, 6.07) is 0. The van der Waals surface area contributed by atoms with Crippen molar-refractivity contribution in [1.29, 1.82) is 0 Å². The molecule has 0 radical (unpaired) electrons. The first-order valence-corrected chi connectivity index (χ1v) is 3.12. The maximum atomic E-state index is 2.34. The topological polar surface area (TPSA) is 0 Å². The average molecular weight is 106 g/mol. The highest BCUT2D eigenvalue weighted by Gasteiger charge is 2.44. The van der Waals surface area contributed by atoms with Crippen LogP contribution in [0, 0.1) is 11.3 Å². The van der Waals surface area contributed by atoms with Crippen molar-refractivity contribution >= 4 is 0 Å². The minimum atomic E-state index is 0.500. The first kappa shape index (κ1) is 4.37. The van der Waals surface area contributed by atoms with Gasteiger partial charge in [0.25, 0.3) is 0 Å². The minimum Gasteiger partial charge on any atom is -0.0798 e. The molecule has 2 aliphatic carbocycles. The monoisotopic (exact) mass is 106 g/mol.